The summed E-state index contributed by atoms with van der Waals surface area (Å²) in [6.07, 6.45) is 99.8. The average Bonchev–Trinajstić information content (AvgIpc) is 3.53. The summed E-state index contributed by atoms with van der Waals surface area (Å²) in [7, 11) is 0. The van der Waals surface area contributed by atoms with Crippen molar-refractivity contribution in [3.63, 3.8) is 0 Å². The van der Waals surface area contributed by atoms with E-state index in [4.69, 9.17) is 4.74 Å². The largest absolute Gasteiger partial charge is 0.466 e. The fourth-order valence-corrected chi connectivity index (χ4v) is 12.6. The standard InChI is InChI=1S/C81H155NO5/c1-3-5-7-9-11-13-15-17-19-20-21-22-33-36-39-42-46-49-53-57-61-65-69-73-79(84)78(77-83)82-80(85)74-70-66-62-58-54-50-47-43-40-37-34-31-29-27-25-23-24-26-28-30-32-35-38-41-44-48-52-56-60-64-68-72-76-87-81(86)75-71-67-63-59-55-51-45-18-16-14-12-10-8-6-4-2/h18,26,28,45,69,73,78-79,83-84H,3-17,19-25,27,29-44,46-68,70-72,74-77H2,1-2H3,(H,82,85)/b28-26-,45-18-,73-69+. The number of nitrogens with one attached hydrogen (secondary N) is 1. The smallest absolute Gasteiger partial charge is 0.305 e. The van der Waals surface area contributed by atoms with E-state index in [1.54, 1.807) is 6.08 Å². The maximum atomic E-state index is 12.6. The van der Waals surface area contributed by atoms with Crippen LogP contribution in [0.5, 0.6) is 0 Å². The molecule has 0 aromatic carbocycles. The zero-order chi connectivity index (χ0) is 62.8. The molecule has 2 unspecified atom stereocenters. The van der Waals surface area contributed by atoms with Gasteiger partial charge in [0.15, 0.2) is 0 Å². The van der Waals surface area contributed by atoms with Gasteiger partial charge in [0, 0.05) is 12.8 Å². The average molecular weight is 1220 g/mol. The second-order valence-electron chi connectivity index (χ2n) is 27.4. The number of hydrogen-bond donors (Lipinski definition) is 3. The van der Waals surface area contributed by atoms with Gasteiger partial charge in [-0.3, -0.25) is 9.59 Å². The Bertz CT molecular complexity index is 1410. The van der Waals surface area contributed by atoms with Crippen LogP contribution in [-0.4, -0.2) is 47.4 Å². The van der Waals surface area contributed by atoms with Crippen LogP contribution in [-0.2, 0) is 14.3 Å². The first-order chi connectivity index (χ1) is 43.0. The summed E-state index contributed by atoms with van der Waals surface area (Å²) < 4.78 is 5.50. The van der Waals surface area contributed by atoms with E-state index in [1.807, 2.05) is 6.08 Å². The Balaban J connectivity index is 3.38. The molecule has 3 N–H and O–H groups in total. The van der Waals surface area contributed by atoms with Gasteiger partial charge in [0.2, 0.25) is 5.91 Å². The van der Waals surface area contributed by atoms with E-state index in [-0.39, 0.29) is 18.5 Å². The number of aliphatic hydroxyl groups is 2. The number of unbranched alkanes of at least 4 members (excludes halogenated alkanes) is 60. The molecule has 0 bridgehead atoms. The molecule has 0 aliphatic rings. The Labute approximate surface area is 544 Å². The zero-order valence-electron chi connectivity index (χ0n) is 59.0. The van der Waals surface area contributed by atoms with Gasteiger partial charge in [-0.05, 0) is 83.5 Å². The van der Waals surface area contributed by atoms with Crippen LogP contribution in [0.15, 0.2) is 36.5 Å². The molecule has 0 spiro atoms. The van der Waals surface area contributed by atoms with Crippen molar-refractivity contribution in [2.45, 2.75) is 456 Å². The molecule has 6 heteroatoms. The lowest BCUT2D eigenvalue weighted by Crippen LogP contribution is -2.45. The molecule has 0 fully saturated rings. The molecule has 0 rings (SSSR count). The van der Waals surface area contributed by atoms with Crippen molar-refractivity contribution in [2.75, 3.05) is 13.2 Å². The molecule has 0 saturated carbocycles. The number of carbonyl (C=O) groups is 2. The molecule has 0 saturated heterocycles. The van der Waals surface area contributed by atoms with E-state index in [0.29, 0.717) is 19.4 Å². The van der Waals surface area contributed by atoms with Crippen molar-refractivity contribution in [1.29, 1.82) is 0 Å². The third kappa shape index (κ3) is 73.0. The molecular formula is C81H155NO5. The predicted molar refractivity (Wildman–Crippen MR) is 384 cm³/mol. The lowest BCUT2D eigenvalue weighted by Gasteiger charge is -2.20. The summed E-state index contributed by atoms with van der Waals surface area (Å²) >= 11 is 0. The highest BCUT2D eigenvalue weighted by molar-refractivity contribution is 5.76. The lowest BCUT2D eigenvalue weighted by atomic mass is 10.0. The van der Waals surface area contributed by atoms with E-state index in [9.17, 15) is 19.8 Å². The fourth-order valence-electron chi connectivity index (χ4n) is 12.6. The first kappa shape index (κ1) is 85.1. The van der Waals surface area contributed by atoms with Gasteiger partial charge in [-0.25, -0.2) is 0 Å². The van der Waals surface area contributed by atoms with Crippen LogP contribution < -0.4 is 5.32 Å². The molecule has 6 nitrogen and oxygen atoms in total. The number of amides is 1. The van der Waals surface area contributed by atoms with Crippen LogP contribution in [0.4, 0.5) is 0 Å². The van der Waals surface area contributed by atoms with E-state index in [0.717, 1.165) is 44.9 Å². The van der Waals surface area contributed by atoms with Crippen LogP contribution in [0, 0.1) is 0 Å². The van der Waals surface area contributed by atoms with E-state index < -0.39 is 12.1 Å². The lowest BCUT2D eigenvalue weighted by molar-refractivity contribution is -0.143. The molecule has 0 aromatic heterocycles. The van der Waals surface area contributed by atoms with Gasteiger partial charge in [0.1, 0.15) is 0 Å². The quantitative estimate of drug-likeness (QED) is 0.0320. The predicted octanol–water partition coefficient (Wildman–Crippen LogP) is 26.2. The number of esters is 1. The normalized spacial score (nSPS) is 12.6. The molecule has 514 valence electrons. The molecule has 0 heterocycles. The van der Waals surface area contributed by atoms with Gasteiger partial charge < -0.3 is 20.3 Å². The molecule has 0 aromatic rings. The van der Waals surface area contributed by atoms with Gasteiger partial charge in [-0.15, -0.1) is 0 Å². The van der Waals surface area contributed by atoms with Crippen molar-refractivity contribution in [1.82, 2.24) is 5.32 Å². The summed E-state index contributed by atoms with van der Waals surface area (Å²) in [6, 6.07) is -0.627. The van der Waals surface area contributed by atoms with Crippen molar-refractivity contribution < 1.29 is 24.5 Å². The third-order valence-electron chi connectivity index (χ3n) is 18.6. The van der Waals surface area contributed by atoms with Crippen molar-refractivity contribution in [3.8, 4) is 0 Å². The van der Waals surface area contributed by atoms with E-state index >= 15 is 0 Å². The van der Waals surface area contributed by atoms with Gasteiger partial charge in [0.25, 0.3) is 0 Å². The number of allylic oxidation sites excluding steroid dienone is 5. The van der Waals surface area contributed by atoms with E-state index in [1.165, 1.54) is 372 Å². The first-order valence-corrected chi connectivity index (χ1v) is 39.8. The molecule has 0 aliphatic heterocycles. The Morgan fingerprint density at radius 2 is 0.540 bits per heavy atom. The van der Waals surface area contributed by atoms with E-state index in [2.05, 4.69) is 43.5 Å². The minimum absolute atomic E-state index is 0.0107. The maximum Gasteiger partial charge on any atom is 0.305 e. The van der Waals surface area contributed by atoms with Crippen LogP contribution in [0.2, 0.25) is 0 Å². The zero-order valence-corrected chi connectivity index (χ0v) is 59.0. The number of aliphatic hydroxyl groups excluding tert-OH is 2. The molecule has 87 heavy (non-hydrogen) atoms. The Morgan fingerprint density at radius 1 is 0.310 bits per heavy atom. The molecule has 0 radical (unpaired) electrons. The van der Waals surface area contributed by atoms with Crippen molar-refractivity contribution in [3.05, 3.63) is 36.5 Å². The highest BCUT2D eigenvalue weighted by Gasteiger charge is 2.18. The SMILES string of the molecule is CCCCCCCC/C=C\CCCCCCCC(=O)OCCCCCCCCCCCCCC/C=C\CCCCCCCCCCCCCCCCCCC(=O)NC(CO)C(O)/C=C/CCCCCCCCCCCCCCCCCCCCCCC. The Morgan fingerprint density at radius 3 is 0.816 bits per heavy atom. The second kappa shape index (κ2) is 76.5. The minimum Gasteiger partial charge on any atom is -0.466 e. The molecule has 2 atom stereocenters. The topological polar surface area (TPSA) is 95.9 Å². The van der Waals surface area contributed by atoms with Crippen LogP contribution in [0.3, 0.4) is 0 Å². The van der Waals surface area contributed by atoms with Gasteiger partial charge in [0.05, 0.1) is 25.4 Å². The van der Waals surface area contributed by atoms with Crippen molar-refractivity contribution >= 4 is 11.9 Å². The highest BCUT2D eigenvalue weighted by Crippen LogP contribution is 2.19. The highest BCUT2D eigenvalue weighted by atomic mass is 16.5. The number of rotatable bonds is 75. The first-order valence-electron chi connectivity index (χ1n) is 39.8. The monoisotopic (exact) mass is 1220 g/mol. The number of hydrogen-bond acceptors (Lipinski definition) is 5. The fraction of sp³-hybridized carbons (Fsp3) is 0.901. The summed E-state index contributed by atoms with van der Waals surface area (Å²) in [4.78, 5) is 24.6. The molecular weight excluding hydrogens is 1070 g/mol. The maximum absolute atomic E-state index is 12.6. The summed E-state index contributed by atoms with van der Waals surface area (Å²) in [5, 5.41) is 23.3. The van der Waals surface area contributed by atoms with Crippen molar-refractivity contribution in [2.24, 2.45) is 0 Å². The third-order valence-corrected chi connectivity index (χ3v) is 18.6. The molecule has 1 amide bonds. The van der Waals surface area contributed by atoms with Gasteiger partial charge >= 0.3 is 5.97 Å². The minimum atomic E-state index is -0.844. The van der Waals surface area contributed by atoms with Gasteiger partial charge in [-0.2, -0.15) is 0 Å². The summed E-state index contributed by atoms with van der Waals surface area (Å²) in [6.45, 7) is 4.94. The Kier molecular flexibility index (Phi) is 74.8. The van der Waals surface area contributed by atoms with Crippen LogP contribution in [0.1, 0.15) is 444 Å². The van der Waals surface area contributed by atoms with Crippen LogP contribution in [0.25, 0.3) is 0 Å². The summed E-state index contributed by atoms with van der Waals surface area (Å²) in [5.41, 5.74) is 0. The van der Waals surface area contributed by atoms with Crippen LogP contribution >= 0.6 is 0 Å². The van der Waals surface area contributed by atoms with Gasteiger partial charge in [-0.1, -0.05) is 384 Å². The molecule has 0 aliphatic carbocycles. The second-order valence-corrected chi connectivity index (χ2v) is 27.4. The number of ether oxygens (including phenoxy) is 1. The Hall–Kier alpha value is -1.92. The summed E-state index contributed by atoms with van der Waals surface area (Å²) in [5.74, 6) is -0.0499. The number of carbonyl (C=O) groups excluding carboxylic acids is 2.